The Hall–Kier alpha value is -6.04. The van der Waals surface area contributed by atoms with Crippen LogP contribution in [0.3, 0.4) is 0 Å². The van der Waals surface area contributed by atoms with Crippen molar-refractivity contribution in [3.05, 3.63) is 131 Å². The Morgan fingerprint density at radius 1 is 0.836 bits per heavy atom. The minimum absolute atomic E-state index is 0.0380. The number of nitrogens with two attached hydrogens (primary N) is 1. The number of benzene rings is 4. The smallest absolute Gasteiger partial charge is 0.421 e. The third-order valence-corrected chi connectivity index (χ3v) is 12.4. The fraction of sp³-hybridized carbons (Fsp3) is 0.375. The van der Waals surface area contributed by atoms with Crippen LogP contribution in [0.1, 0.15) is 84.5 Å². The molecule has 4 aromatic carbocycles. The molecular weight excluding hydrogens is 779 g/mol. The van der Waals surface area contributed by atoms with Gasteiger partial charge in [-0.3, -0.25) is 19.3 Å². The summed E-state index contributed by atoms with van der Waals surface area (Å²) in [5.74, 6) is 2.56. The summed E-state index contributed by atoms with van der Waals surface area (Å²) in [4.78, 5) is 62.2. The summed E-state index contributed by atoms with van der Waals surface area (Å²) >= 11 is 0. The van der Waals surface area contributed by atoms with Gasteiger partial charge in [-0.05, 0) is 78.3 Å². The number of ether oxygens (including phenoxy) is 4. The van der Waals surface area contributed by atoms with E-state index in [0.717, 1.165) is 36.1 Å². The molecule has 1 spiro atoms. The van der Waals surface area contributed by atoms with Crippen molar-refractivity contribution in [1.29, 1.82) is 0 Å². The number of cyclic esters (lactones) is 1. The standard InChI is InChI=1S/C48H49N3O10/c1-58-28-29-60-46(56)50-37-21-16-31(22-25-47(57)23-10-2-3-11-24-47)30-36(37)48(45(50)55)38(43(49)53)40-44(54)61-41(33-14-8-5-9-15-33)39(32-12-6-4-7-13-32)51(40)42(48)34-17-19-35(20-18-34)59-27-26-52/h4-9,12-21,30,38-42,52,57H,2-3,10-11,23-24,26-29H2,1H3,(H2,49,53). The number of hydrogen-bond acceptors (Lipinski definition) is 11. The van der Waals surface area contributed by atoms with Gasteiger partial charge < -0.3 is 34.9 Å². The number of morpholine rings is 1. The number of aliphatic hydroxyl groups excluding tert-OH is 1. The van der Waals surface area contributed by atoms with Crippen molar-refractivity contribution in [3.8, 4) is 17.6 Å². The van der Waals surface area contributed by atoms with Crippen LogP contribution in [0.25, 0.3) is 0 Å². The number of rotatable bonds is 10. The van der Waals surface area contributed by atoms with E-state index < -0.39 is 65.0 Å². The van der Waals surface area contributed by atoms with Gasteiger partial charge in [0.15, 0.2) is 0 Å². The highest BCUT2D eigenvalue weighted by atomic mass is 16.6. The van der Waals surface area contributed by atoms with Crippen LogP contribution in [0.4, 0.5) is 10.5 Å². The molecule has 0 bridgehead atoms. The average molecular weight is 828 g/mol. The zero-order valence-electron chi connectivity index (χ0n) is 33.9. The largest absolute Gasteiger partial charge is 0.491 e. The van der Waals surface area contributed by atoms with Crippen LogP contribution in [-0.2, 0) is 34.0 Å². The van der Waals surface area contributed by atoms with Gasteiger partial charge in [-0.1, -0.05) is 97.5 Å². The Bertz CT molecular complexity index is 2320. The molecule has 61 heavy (non-hydrogen) atoms. The Morgan fingerprint density at radius 2 is 1.51 bits per heavy atom. The van der Waals surface area contributed by atoms with Gasteiger partial charge in [0.05, 0.1) is 36.9 Å². The molecule has 3 aliphatic heterocycles. The van der Waals surface area contributed by atoms with Gasteiger partial charge in [-0.15, -0.1) is 0 Å². The van der Waals surface area contributed by atoms with E-state index in [1.165, 1.54) is 7.11 Å². The molecule has 0 aromatic heterocycles. The first-order chi connectivity index (χ1) is 29.6. The fourth-order valence-electron chi connectivity index (χ4n) is 9.81. The molecular formula is C48H49N3O10. The molecule has 4 aliphatic rings. The summed E-state index contributed by atoms with van der Waals surface area (Å²) in [6, 6.07) is 27.1. The number of hydrogen-bond donors (Lipinski definition) is 3. The summed E-state index contributed by atoms with van der Waals surface area (Å²) in [5.41, 5.74) is 5.90. The summed E-state index contributed by atoms with van der Waals surface area (Å²) < 4.78 is 22.8. The lowest BCUT2D eigenvalue weighted by Gasteiger charge is -2.46. The molecule has 3 fully saturated rings. The molecule has 13 nitrogen and oxygen atoms in total. The lowest BCUT2D eigenvalue weighted by Crippen LogP contribution is -2.55. The molecule has 3 amide bonds. The lowest BCUT2D eigenvalue weighted by atomic mass is 9.65. The number of nitrogens with zero attached hydrogens (tertiary/aromatic N) is 2. The number of fused-ring (bicyclic) bond motifs is 3. The van der Waals surface area contributed by atoms with Crippen LogP contribution in [0.2, 0.25) is 0 Å². The number of methoxy groups -OCH3 is 1. The van der Waals surface area contributed by atoms with E-state index in [1.54, 1.807) is 42.5 Å². The number of carbonyl (C=O) groups excluding carboxylic acids is 4. The molecule has 2 saturated heterocycles. The zero-order chi connectivity index (χ0) is 42.7. The second-order valence-corrected chi connectivity index (χ2v) is 16.0. The molecule has 8 rings (SSSR count). The zero-order valence-corrected chi connectivity index (χ0v) is 33.9. The molecule has 13 heteroatoms. The van der Waals surface area contributed by atoms with E-state index in [4.69, 9.17) is 24.7 Å². The Labute approximate surface area is 354 Å². The number of aliphatic hydroxyl groups is 2. The first-order valence-corrected chi connectivity index (χ1v) is 20.7. The van der Waals surface area contributed by atoms with Crippen molar-refractivity contribution >= 4 is 29.6 Å². The minimum Gasteiger partial charge on any atom is -0.491 e. The number of amides is 3. The van der Waals surface area contributed by atoms with Gasteiger partial charge in [0, 0.05) is 12.7 Å². The topological polar surface area (TPSA) is 178 Å². The first kappa shape index (κ1) is 41.7. The van der Waals surface area contributed by atoms with E-state index >= 15 is 4.79 Å². The molecule has 0 radical (unpaired) electrons. The Balaban J connectivity index is 1.41. The van der Waals surface area contributed by atoms with Gasteiger partial charge in [0.25, 0.3) is 0 Å². The molecule has 1 saturated carbocycles. The fourth-order valence-corrected chi connectivity index (χ4v) is 9.81. The van der Waals surface area contributed by atoms with E-state index in [9.17, 15) is 24.6 Å². The van der Waals surface area contributed by atoms with E-state index in [1.807, 2.05) is 65.6 Å². The number of imide groups is 1. The van der Waals surface area contributed by atoms with Crippen molar-refractivity contribution < 1.29 is 48.3 Å². The maximum Gasteiger partial charge on any atom is 0.421 e. The number of anilines is 1. The first-order valence-electron chi connectivity index (χ1n) is 20.7. The SMILES string of the molecule is COCCOC(=O)N1C(=O)C2(c3cc(C#CC4(O)CCCCCC4)ccc31)C(C(N)=O)C1C(=O)OC(c3ccccc3)C(c3ccccc3)N1C2c1ccc(OCCO)cc1. The summed E-state index contributed by atoms with van der Waals surface area (Å²) in [6.07, 6.45) is 2.79. The van der Waals surface area contributed by atoms with E-state index in [-0.39, 0.29) is 37.7 Å². The predicted octanol–water partition coefficient (Wildman–Crippen LogP) is 5.43. The highest BCUT2D eigenvalue weighted by Gasteiger charge is 2.75. The maximum atomic E-state index is 15.9. The van der Waals surface area contributed by atoms with Crippen LogP contribution in [0.5, 0.6) is 5.75 Å². The molecule has 6 unspecified atom stereocenters. The lowest BCUT2D eigenvalue weighted by molar-refractivity contribution is -0.178. The monoisotopic (exact) mass is 827 g/mol. The van der Waals surface area contributed by atoms with Crippen LogP contribution in [0, 0.1) is 17.8 Å². The highest BCUT2D eigenvalue weighted by molar-refractivity contribution is 6.23. The van der Waals surface area contributed by atoms with Crippen LogP contribution in [-0.4, -0.2) is 84.2 Å². The van der Waals surface area contributed by atoms with Gasteiger partial charge in [0.1, 0.15) is 42.1 Å². The molecule has 4 N–H and O–H groups in total. The molecule has 6 atom stereocenters. The molecule has 316 valence electrons. The van der Waals surface area contributed by atoms with Gasteiger partial charge in [-0.25, -0.2) is 9.69 Å². The van der Waals surface area contributed by atoms with Crippen molar-refractivity contribution in [1.82, 2.24) is 4.90 Å². The Kier molecular flexibility index (Phi) is 12.0. The predicted molar refractivity (Wildman–Crippen MR) is 223 cm³/mol. The van der Waals surface area contributed by atoms with Crippen LogP contribution >= 0.6 is 0 Å². The minimum atomic E-state index is -2.05. The van der Waals surface area contributed by atoms with Crippen molar-refractivity contribution in [2.75, 3.05) is 38.4 Å². The Morgan fingerprint density at radius 3 is 2.15 bits per heavy atom. The quantitative estimate of drug-likeness (QED) is 0.0804. The molecule has 4 aromatic rings. The van der Waals surface area contributed by atoms with Gasteiger partial charge >= 0.3 is 12.1 Å². The second kappa shape index (κ2) is 17.5. The van der Waals surface area contributed by atoms with E-state index in [2.05, 4.69) is 11.8 Å². The third-order valence-electron chi connectivity index (χ3n) is 12.4. The molecule has 3 heterocycles. The van der Waals surface area contributed by atoms with Crippen LogP contribution < -0.4 is 15.4 Å². The number of primary amides is 1. The maximum absolute atomic E-state index is 15.9. The average Bonchev–Trinajstić information content (AvgIpc) is 3.61. The van der Waals surface area contributed by atoms with Gasteiger partial charge in [0.2, 0.25) is 11.8 Å². The van der Waals surface area contributed by atoms with Crippen molar-refractivity contribution in [2.45, 2.75) is 73.8 Å². The third kappa shape index (κ3) is 7.54. The summed E-state index contributed by atoms with van der Waals surface area (Å²) in [5, 5.41) is 21.0. The van der Waals surface area contributed by atoms with Crippen LogP contribution in [0.15, 0.2) is 103 Å². The van der Waals surface area contributed by atoms with Gasteiger partial charge in [-0.2, -0.15) is 0 Å². The van der Waals surface area contributed by atoms with Crippen molar-refractivity contribution in [3.63, 3.8) is 0 Å². The highest BCUT2D eigenvalue weighted by Crippen LogP contribution is 2.65. The molecule has 1 aliphatic carbocycles. The normalized spacial score (nSPS) is 25.4. The second-order valence-electron chi connectivity index (χ2n) is 16.0. The van der Waals surface area contributed by atoms with Crippen molar-refractivity contribution in [2.24, 2.45) is 11.7 Å². The summed E-state index contributed by atoms with van der Waals surface area (Å²) in [6.45, 7) is -0.287. The number of esters is 1. The summed E-state index contributed by atoms with van der Waals surface area (Å²) in [7, 11) is 1.45. The number of carbonyl (C=O) groups is 4. The van der Waals surface area contributed by atoms with E-state index in [0.29, 0.717) is 35.3 Å².